The summed E-state index contributed by atoms with van der Waals surface area (Å²) >= 11 is 3.67. The fourth-order valence-corrected chi connectivity index (χ4v) is 3.83. The van der Waals surface area contributed by atoms with Gasteiger partial charge in [-0.05, 0) is 80.5 Å². The first-order valence-electron chi connectivity index (χ1n) is 8.12. The van der Waals surface area contributed by atoms with E-state index in [1.807, 2.05) is 24.4 Å². The molecule has 2 aliphatic rings. The molecule has 0 N–H and O–H groups in total. The van der Waals surface area contributed by atoms with E-state index in [9.17, 15) is 0 Å². The predicted octanol–water partition coefficient (Wildman–Crippen LogP) is 5.50. The van der Waals surface area contributed by atoms with Gasteiger partial charge in [-0.1, -0.05) is 24.3 Å². The quantitative estimate of drug-likeness (QED) is 0.422. The van der Waals surface area contributed by atoms with Crippen LogP contribution in [0.15, 0.2) is 64.1 Å². The average Bonchev–Trinajstić information content (AvgIpc) is 3.23. The van der Waals surface area contributed by atoms with E-state index in [0.29, 0.717) is 0 Å². The third-order valence-electron chi connectivity index (χ3n) is 4.61. The third kappa shape index (κ3) is 2.53. The van der Waals surface area contributed by atoms with Crippen molar-refractivity contribution in [3.05, 3.63) is 75.8 Å². The molecule has 0 amide bonds. The van der Waals surface area contributed by atoms with Crippen molar-refractivity contribution in [1.29, 1.82) is 0 Å². The second-order valence-electron chi connectivity index (χ2n) is 6.17. The zero-order chi connectivity index (χ0) is 16.8. The molecule has 3 aromatic carbocycles. The monoisotopic (exact) mass is 391 g/mol. The molecule has 0 radical (unpaired) electrons. The smallest absolute Gasteiger partial charge is 0.231 e. The molecule has 1 heterocycles. The van der Waals surface area contributed by atoms with E-state index in [0.717, 1.165) is 33.6 Å². The Morgan fingerprint density at radius 1 is 0.880 bits per heavy atom. The number of halogens is 1. The van der Waals surface area contributed by atoms with Crippen molar-refractivity contribution in [2.24, 2.45) is 4.99 Å². The van der Waals surface area contributed by atoms with Crippen LogP contribution in [0.2, 0.25) is 0 Å². The number of benzene rings is 3. The molecule has 122 valence electrons. The number of aliphatic imine (C=N–C) groups is 1. The minimum Gasteiger partial charge on any atom is -0.454 e. The van der Waals surface area contributed by atoms with Crippen molar-refractivity contribution in [3.63, 3.8) is 0 Å². The molecule has 0 aromatic heterocycles. The van der Waals surface area contributed by atoms with Crippen LogP contribution in [-0.2, 0) is 6.42 Å². The first-order chi connectivity index (χ1) is 12.3. The molecule has 3 nitrogen and oxygen atoms in total. The minimum atomic E-state index is 0.285. The number of nitrogens with zero attached hydrogens (tertiary/aromatic N) is 1. The van der Waals surface area contributed by atoms with E-state index < -0.39 is 0 Å². The second-order valence-corrected chi connectivity index (χ2v) is 7.02. The Labute approximate surface area is 154 Å². The summed E-state index contributed by atoms with van der Waals surface area (Å²) < 4.78 is 11.8. The van der Waals surface area contributed by atoms with Crippen molar-refractivity contribution in [2.45, 2.75) is 6.42 Å². The summed E-state index contributed by atoms with van der Waals surface area (Å²) in [7, 11) is 0. The molecule has 1 aliphatic carbocycles. The number of hydrogen-bond donors (Lipinski definition) is 0. The second kappa shape index (κ2) is 5.74. The zero-order valence-electron chi connectivity index (χ0n) is 13.3. The molecule has 0 fully saturated rings. The standard InChI is InChI=1S/C21H14BrNO2/c22-18-10-17-15(8-14-3-1-2-4-16(14)17)9-19(18)23-11-13-5-6-20-21(7-13)25-12-24-20/h1-7,9-11H,8,12H2. The molecule has 5 rings (SSSR count). The highest BCUT2D eigenvalue weighted by Gasteiger charge is 2.19. The van der Waals surface area contributed by atoms with Crippen LogP contribution < -0.4 is 9.47 Å². The molecular weight excluding hydrogens is 378 g/mol. The van der Waals surface area contributed by atoms with Crippen LogP contribution in [0.5, 0.6) is 11.5 Å². The fourth-order valence-electron chi connectivity index (χ4n) is 3.38. The van der Waals surface area contributed by atoms with Crippen molar-refractivity contribution in [3.8, 4) is 22.6 Å². The van der Waals surface area contributed by atoms with Crippen molar-refractivity contribution < 1.29 is 9.47 Å². The molecular formula is C21H14BrNO2. The van der Waals surface area contributed by atoms with Crippen LogP contribution in [0.1, 0.15) is 16.7 Å². The van der Waals surface area contributed by atoms with Crippen LogP contribution in [-0.4, -0.2) is 13.0 Å². The molecule has 0 atom stereocenters. The van der Waals surface area contributed by atoms with Gasteiger partial charge in [0.2, 0.25) is 6.79 Å². The maximum atomic E-state index is 5.42. The number of ether oxygens (including phenoxy) is 2. The van der Waals surface area contributed by atoms with E-state index in [-0.39, 0.29) is 6.79 Å². The van der Waals surface area contributed by atoms with E-state index in [2.05, 4.69) is 57.3 Å². The Bertz CT molecular complexity index is 1030. The highest BCUT2D eigenvalue weighted by molar-refractivity contribution is 9.10. The van der Waals surface area contributed by atoms with E-state index in [1.54, 1.807) is 0 Å². The predicted molar refractivity (Wildman–Crippen MR) is 102 cm³/mol. The molecule has 3 aromatic rings. The largest absolute Gasteiger partial charge is 0.454 e. The lowest BCUT2D eigenvalue weighted by molar-refractivity contribution is 0.174. The summed E-state index contributed by atoms with van der Waals surface area (Å²) in [4.78, 5) is 4.67. The summed E-state index contributed by atoms with van der Waals surface area (Å²) in [6, 6.07) is 18.7. The number of fused-ring (bicyclic) bond motifs is 4. The van der Waals surface area contributed by atoms with Crippen molar-refractivity contribution in [1.82, 2.24) is 0 Å². The SMILES string of the molecule is Brc1cc2c(cc1N=Cc1ccc3c(c1)OCO3)Cc1ccccc1-2. The lowest BCUT2D eigenvalue weighted by Gasteiger charge is -2.05. The van der Waals surface area contributed by atoms with Crippen LogP contribution in [0.3, 0.4) is 0 Å². The van der Waals surface area contributed by atoms with Crippen molar-refractivity contribution in [2.75, 3.05) is 6.79 Å². The summed E-state index contributed by atoms with van der Waals surface area (Å²) in [5.74, 6) is 1.56. The van der Waals surface area contributed by atoms with E-state index >= 15 is 0 Å². The van der Waals surface area contributed by atoms with Gasteiger partial charge >= 0.3 is 0 Å². The van der Waals surface area contributed by atoms with Gasteiger partial charge in [0.25, 0.3) is 0 Å². The average molecular weight is 392 g/mol. The first-order valence-corrected chi connectivity index (χ1v) is 8.92. The van der Waals surface area contributed by atoms with E-state index in [4.69, 9.17) is 9.47 Å². The Morgan fingerprint density at radius 3 is 2.72 bits per heavy atom. The first kappa shape index (κ1) is 14.7. The fraction of sp³-hybridized carbons (Fsp3) is 0.0952. The Morgan fingerprint density at radius 2 is 1.76 bits per heavy atom. The Kier molecular flexibility index (Phi) is 3.38. The molecule has 0 bridgehead atoms. The molecule has 4 heteroatoms. The van der Waals surface area contributed by atoms with Gasteiger partial charge in [-0.2, -0.15) is 0 Å². The molecule has 0 saturated heterocycles. The number of hydrogen-bond acceptors (Lipinski definition) is 3. The number of rotatable bonds is 2. The molecule has 25 heavy (non-hydrogen) atoms. The highest BCUT2D eigenvalue weighted by atomic mass is 79.9. The zero-order valence-corrected chi connectivity index (χ0v) is 14.9. The highest BCUT2D eigenvalue weighted by Crippen LogP contribution is 2.41. The normalized spacial score (nSPS) is 14.0. The van der Waals surface area contributed by atoms with Gasteiger partial charge in [0.15, 0.2) is 11.5 Å². The van der Waals surface area contributed by atoms with Gasteiger partial charge in [-0.3, -0.25) is 4.99 Å². The summed E-state index contributed by atoms with van der Waals surface area (Å²) in [6.07, 6.45) is 2.82. The van der Waals surface area contributed by atoms with Gasteiger partial charge in [0, 0.05) is 10.7 Å². The van der Waals surface area contributed by atoms with E-state index in [1.165, 1.54) is 22.3 Å². The van der Waals surface area contributed by atoms with Crippen LogP contribution in [0, 0.1) is 0 Å². The van der Waals surface area contributed by atoms with Crippen LogP contribution in [0.4, 0.5) is 5.69 Å². The van der Waals surface area contributed by atoms with Crippen molar-refractivity contribution >= 4 is 27.8 Å². The topological polar surface area (TPSA) is 30.8 Å². The van der Waals surface area contributed by atoms with Gasteiger partial charge in [-0.25, -0.2) is 0 Å². The maximum absolute atomic E-state index is 5.42. The lowest BCUT2D eigenvalue weighted by atomic mass is 10.1. The third-order valence-corrected chi connectivity index (χ3v) is 5.25. The van der Waals surface area contributed by atoms with Crippen LogP contribution >= 0.6 is 15.9 Å². The van der Waals surface area contributed by atoms with Gasteiger partial charge in [-0.15, -0.1) is 0 Å². The van der Waals surface area contributed by atoms with Gasteiger partial charge < -0.3 is 9.47 Å². The minimum absolute atomic E-state index is 0.285. The Hall–Kier alpha value is -2.59. The summed E-state index contributed by atoms with van der Waals surface area (Å²) in [5, 5.41) is 0. The molecule has 0 spiro atoms. The Balaban J connectivity index is 1.48. The van der Waals surface area contributed by atoms with Gasteiger partial charge in [0.1, 0.15) is 0 Å². The lowest BCUT2D eigenvalue weighted by Crippen LogP contribution is -1.92. The molecule has 0 unspecified atom stereocenters. The molecule has 0 saturated carbocycles. The van der Waals surface area contributed by atoms with Crippen LogP contribution in [0.25, 0.3) is 11.1 Å². The summed E-state index contributed by atoms with van der Waals surface area (Å²) in [5.41, 5.74) is 7.24. The maximum Gasteiger partial charge on any atom is 0.231 e. The summed E-state index contributed by atoms with van der Waals surface area (Å²) in [6.45, 7) is 0.285. The molecule has 1 aliphatic heterocycles. The van der Waals surface area contributed by atoms with Gasteiger partial charge in [0.05, 0.1) is 5.69 Å².